The number of benzene rings is 2. The van der Waals surface area contributed by atoms with Crippen LogP contribution in [0.1, 0.15) is 40.2 Å². The van der Waals surface area contributed by atoms with Gasteiger partial charge in [0.2, 0.25) is 0 Å². The summed E-state index contributed by atoms with van der Waals surface area (Å²) in [5, 5.41) is -0.194. The summed E-state index contributed by atoms with van der Waals surface area (Å²) in [6, 6.07) is 7.52. The maximum atomic E-state index is 12.7. The average molecular weight is 399 g/mol. The van der Waals surface area contributed by atoms with Crippen molar-refractivity contribution in [3.8, 4) is 11.5 Å². The molecule has 2 aromatic rings. The summed E-state index contributed by atoms with van der Waals surface area (Å²) in [7, 11) is 1.28. The molecule has 0 aliphatic heterocycles. The van der Waals surface area contributed by atoms with E-state index in [1.807, 2.05) is 0 Å². The highest BCUT2D eigenvalue weighted by molar-refractivity contribution is 6.32. The standard InChI is InChI=1S/C19H14ClF3O4/c1-26-18(25)7-10-6-16(24)14-9-12(3-4-13(10)14)27-17-5-2-11(8-15(17)20)19(21,22)23/h2-5,8-10H,6-7H2,1H3/t10-/m1/s1. The second-order valence-electron chi connectivity index (χ2n) is 6.10. The molecule has 0 bridgehead atoms. The SMILES string of the molecule is COC(=O)C[C@H]1CC(=O)c2cc(Oc3ccc(C(F)(F)F)cc3Cl)ccc21. The molecular formula is C19H14ClF3O4. The van der Waals surface area contributed by atoms with Crippen LogP contribution in [0, 0.1) is 0 Å². The number of methoxy groups -OCH3 is 1. The minimum Gasteiger partial charge on any atom is -0.469 e. The Morgan fingerprint density at radius 3 is 2.59 bits per heavy atom. The smallest absolute Gasteiger partial charge is 0.416 e. The lowest BCUT2D eigenvalue weighted by molar-refractivity contribution is -0.141. The highest BCUT2D eigenvalue weighted by atomic mass is 35.5. The van der Waals surface area contributed by atoms with Gasteiger partial charge >= 0.3 is 12.1 Å². The average Bonchev–Trinajstić information content (AvgIpc) is 2.91. The van der Waals surface area contributed by atoms with Crippen LogP contribution in [0.2, 0.25) is 5.02 Å². The highest BCUT2D eigenvalue weighted by Crippen LogP contribution is 2.40. The molecule has 0 spiro atoms. The number of fused-ring (bicyclic) bond motifs is 1. The number of esters is 1. The number of hydrogen-bond acceptors (Lipinski definition) is 4. The third-order valence-electron chi connectivity index (χ3n) is 4.32. The van der Waals surface area contributed by atoms with E-state index in [0.717, 1.165) is 23.8 Å². The number of ether oxygens (including phenoxy) is 2. The fourth-order valence-corrected chi connectivity index (χ4v) is 3.21. The molecule has 8 heteroatoms. The zero-order valence-electron chi connectivity index (χ0n) is 14.1. The number of alkyl halides is 3. The Labute approximate surface area is 157 Å². The summed E-state index contributed by atoms with van der Waals surface area (Å²) in [5.74, 6) is -0.493. The van der Waals surface area contributed by atoms with Gasteiger partial charge in [0.15, 0.2) is 5.78 Å². The second-order valence-corrected chi connectivity index (χ2v) is 6.51. The van der Waals surface area contributed by atoms with Crippen LogP contribution in [0.4, 0.5) is 13.2 Å². The van der Waals surface area contributed by atoms with Gasteiger partial charge in [-0.2, -0.15) is 13.2 Å². The topological polar surface area (TPSA) is 52.6 Å². The summed E-state index contributed by atoms with van der Waals surface area (Å²) in [5.41, 5.74) is 0.260. The molecule has 2 aromatic carbocycles. The Balaban J connectivity index is 1.83. The third-order valence-corrected chi connectivity index (χ3v) is 4.62. The molecule has 1 aliphatic carbocycles. The lowest BCUT2D eigenvalue weighted by Gasteiger charge is -2.13. The molecule has 1 atom stereocenters. The van der Waals surface area contributed by atoms with Crippen molar-refractivity contribution in [3.05, 3.63) is 58.1 Å². The predicted octanol–water partition coefficient (Wildman–Crippen LogP) is 5.38. The van der Waals surface area contributed by atoms with E-state index >= 15 is 0 Å². The monoisotopic (exact) mass is 398 g/mol. The molecule has 0 fully saturated rings. The van der Waals surface area contributed by atoms with Crippen LogP contribution in [-0.4, -0.2) is 18.9 Å². The zero-order chi connectivity index (χ0) is 19.8. The van der Waals surface area contributed by atoms with Crippen LogP contribution in [0.3, 0.4) is 0 Å². The molecule has 0 saturated heterocycles. The van der Waals surface area contributed by atoms with Gasteiger partial charge in [-0.15, -0.1) is 0 Å². The number of ketones is 1. The Morgan fingerprint density at radius 1 is 1.22 bits per heavy atom. The molecule has 0 saturated carbocycles. The van der Waals surface area contributed by atoms with Gasteiger partial charge < -0.3 is 9.47 Å². The van der Waals surface area contributed by atoms with Gasteiger partial charge in [-0.1, -0.05) is 17.7 Å². The van der Waals surface area contributed by atoms with Gasteiger partial charge in [-0.25, -0.2) is 0 Å². The fourth-order valence-electron chi connectivity index (χ4n) is 2.99. The Bertz CT molecular complexity index is 908. The van der Waals surface area contributed by atoms with E-state index in [1.54, 1.807) is 12.1 Å². The maximum Gasteiger partial charge on any atom is 0.416 e. The summed E-state index contributed by atoms with van der Waals surface area (Å²) in [6.45, 7) is 0. The van der Waals surface area contributed by atoms with Crippen molar-refractivity contribution in [1.82, 2.24) is 0 Å². The van der Waals surface area contributed by atoms with Crippen molar-refractivity contribution < 1.29 is 32.2 Å². The molecule has 0 unspecified atom stereocenters. The number of carbonyl (C=O) groups is 2. The van der Waals surface area contributed by atoms with Crippen LogP contribution >= 0.6 is 11.6 Å². The van der Waals surface area contributed by atoms with Crippen molar-refractivity contribution in [2.75, 3.05) is 7.11 Å². The summed E-state index contributed by atoms with van der Waals surface area (Å²) in [6.07, 6.45) is -4.22. The number of halogens is 4. The first-order chi connectivity index (χ1) is 12.7. The van der Waals surface area contributed by atoms with Crippen molar-refractivity contribution in [2.24, 2.45) is 0 Å². The normalized spacial score (nSPS) is 16.2. The summed E-state index contributed by atoms with van der Waals surface area (Å²) >= 11 is 5.88. The first-order valence-electron chi connectivity index (χ1n) is 7.97. The van der Waals surface area contributed by atoms with Crippen LogP contribution in [0.25, 0.3) is 0 Å². The Hall–Kier alpha value is -2.54. The Morgan fingerprint density at radius 2 is 1.96 bits per heavy atom. The van der Waals surface area contributed by atoms with Crippen LogP contribution in [0.5, 0.6) is 11.5 Å². The van der Waals surface area contributed by atoms with Crippen LogP contribution < -0.4 is 4.74 Å². The molecule has 0 aromatic heterocycles. The molecule has 27 heavy (non-hydrogen) atoms. The van der Waals surface area contributed by atoms with Crippen LogP contribution in [0.15, 0.2) is 36.4 Å². The lowest BCUT2D eigenvalue weighted by atomic mass is 9.98. The number of carbonyl (C=O) groups excluding carboxylic acids is 2. The first kappa shape index (κ1) is 19.2. The largest absolute Gasteiger partial charge is 0.469 e. The van der Waals surface area contributed by atoms with E-state index in [2.05, 4.69) is 4.74 Å². The van der Waals surface area contributed by atoms with Gasteiger partial charge in [0.05, 0.1) is 24.1 Å². The number of hydrogen-bond donors (Lipinski definition) is 0. The molecule has 1 aliphatic rings. The van der Waals surface area contributed by atoms with E-state index in [1.165, 1.54) is 13.2 Å². The predicted molar refractivity (Wildman–Crippen MR) is 91.3 cm³/mol. The lowest BCUT2D eigenvalue weighted by Crippen LogP contribution is -2.06. The van der Waals surface area contributed by atoms with Crippen LogP contribution in [-0.2, 0) is 15.7 Å². The molecule has 0 radical (unpaired) electrons. The van der Waals surface area contributed by atoms with E-state index in [0.29, 0.717) is 5.56 Å². The molecule has 142 valence electrons. The minimum atomic E-state index is -4.50. The number of rotatable bonds is 4. The third kappa shape index (κ3) is 4.08. The second kappa shape index (κ2) is 7.23. The van der Waals surface area contributed by atoms with Gasteiger partial charge in [0.25, 0.3) is 0 Å². The van der Waals surface area contributed by atoms with Gasteiger partial charge in [-0.05, 0) is 35.9 Å². The Kier molecular flexibility index (Phi) is 5.15. The first-order valence-corrected chi connectivity index (χ1v) is 8.35. The minimum absolute atomic E-state index is 0.0428. The quantitative estimate of drug-likeness (QED) is 0.648. The van der Waals surface area contributed by atoms with Gasteiger partial charge in [0, 0.05) is 17.9 Å². The molecule has 4 nitrogen and oxygen atoms in total. The van der Waals surface area contributed by atoms with E-state index in [9.17, 15) is 22.8 Å². The van der Waals surface area contributed by atoms with Crippen molar-refractivity contribution >= 4 is 23.4 Å². The van der Waals surface area contributed by atoms with Crippen molar-refractivity contribution in [3.63, 3.8) is 0 Å². The summed E-state index contributed by atoms with van der Waals surface area (Å²) < 4.78 is 48.3. The molecular weight excluding hydrogens is 385 g/mol. The molecule has 0 amide bonds. The van der Waals surface area contributed by atoms with Gasteiger partial charge in [0.1, 0.15) is 11.5 Å². The molecule has 0 N–H and O–H groups in total. The molecule has 0 heterocycles. The summed E-state index contributed by atoms with van der Waals surface area (Å²) in [4.78, 5) is 23.7. The molecule has 3 rings (SSSR count). The highest BCUT2D eigenvalue weighted by Gasteiger charge is 2.32. The van der Waals surface area contributed by atoms with E-state index in [-0.39, 0.29) is 41.1 Å². The number of Topliss-reactive ketones (excluding diaryl/α,β-unsaturated/α-hetero) is 1. The van der Waals surface area contributed by atoms with E-state index in [4.69, 9.17) is 16.3 Å². The maximum absolute atomic E-state index is 12.7. The fraction of sp³-hybridized carbons (Fsp3) is 0.263. The van der Waals surface area contributed by atoms with Crippen molar-refractivity contribution in [2.45, 2.75) is 24.9 Å². The van der Waals surface area contributed by atoms with E-state index < -0.39 is 17.7 Å². The van der Waals surface area contributed by atoms with Crippen molar-refractivity contribution in [1.29, 1.82) is 0 Å². The van der Waals surface area contributed by atoms with Gasteiger partial charge in [-0.3, -0.25) is 9.59 Å². The zero-order valence-corrected chi connectivity index (χ0v) is 14.9.